The minimum absolute atomic E-state index is 0.137. The number of carbonyl (C=O) groups is 3. The van der Waals surface area contributed by atoms with E-state index >= 15 is 0 Å². The standard InChI is InChI=1S/C25H26N2O6/c1-2-31-19-8-6-18(7-9-19)27-23(29)20-10-5-16(14-21(20)24(27)30)22(28)26-11-3-4-17(15-26)25-32-12-13-33-25/h5-10,14,17,25H,2-4,11-13,15H2,1H3. The molecular weight excluding hydrogens is 424 g/mol. The summed E-state index contributed by atoms with van der Waals surface area (Å²) >= 11 is 0. The van der Waals surface area contributed by atoms with E-state index in [0.717, 1.165) is 17.7 Å². The molecular formula is C25H26N2O6. The summed E-state index contributed by atoms with van der Waals surface area (Å²) in [5, 5.41) is 0. The van der Waals surface area contributed by atoms with Gasteiger partial charge in [0.2, 0.25) is 0 Å². The van der Waals surface area contributed by atoms with Crippen molar-refractivity contribution in [1.29, 1.82) is 0 Å². The minimum Gasteiger partial charge on any atom is -0.494 e. The van der Waals surface area contributed by atoms with Crippen LogP contribution in [0.3, 0.4) is 0 Å². The molecule has 0 aliphatic carbocycles. The van der Waals surface area contributed by atoms with Gasteiger partial charge in [-0.25, -0.2) is 4.90 Å². The van der Waals surface area contributed by atoms with Crippen LogP contribution >= 0.6 is 0 Å². The van der Waals surface area contributed by atoms with Gasteiger partial charge in [0.15, 0.2) is 6.29 Å². The third-order valence-electron chi connectivity index (χ3n) is 6.32. The molecule has 8 nitrogen and oxygen atoms in total. The van der Waals surface area contributed by atoms with Crippen LogP contribution in [0.15, 0.2) is 42.5 Å². The lowest BCUT2D eigenvalue weighted by atomic mass is 9.96. The normalized spacial score (nSPS) is 20.9. The highest BCUT2D eigenvalue weighted by Gasteiger charge is 2.38. The molecule has 0 bridgehead atoms. The molecule has 0 aromatic heterocycles. The number of rotatable bonds is 5. The van der Waals surface area contributed by atoms with Crippen molar-refractivity contribution in [3.05, 3.63) is 59.2 Å². The summed E-state index contributed by atoms with van der Waals surface area (Å²) in [4.78, 5) is 42.2. The molecule has 0 saturated carbocycles. The Kier molecular flexibility index (Phi) is 5.86. The molecule has 172 valence electrons. The highest BCUT2D eigenvalue weighted by Crippen LogP contribution is 2.31. The molecule has 33 heavy (non-hydrogen) atoms. The Balaban J connectivity index is 1.35. The highest BCUT2D eigenvalue weighted by molar-refractivity contribution is 6.34. The fraction of sp³-hybridized carbons (Fsp3) is 0.400. The van der Waals surface area contributed by atoms with Crippen LogP contribution in [0.1, 0.15) is 50.8 Å². The zero-order chi connectivity index (χ0) is 22.9. The number of imide groups is 1. The van der Waals surface area contributed by atoms with E-state index in [0.29, 0.717) is 55.5 Å². The van der Waals surface area contributed by atoms with Crippen molar-refractivity contribution < 1.29 is 28.6 Å². The van der Waals surface area contributed by atoms with Gasteiger partial charge in [-0.3, -0.25) is 14.4 Å². The van der Waals surface area contributed by atoms with E-state index in [9.17, 15) is 14.4 Å². The van der Waals surface area contributed by atoms with Crippen LogP contribution in [-0.4, -0.2) is 61.8 Å². The first-order chi connectivity index (χ1) is 16.1. The summed E-state index contributed by atoms with van der Waals surface area (Å²) in [6.45, 7) is 4.77. The number of hydrogen-bond donors (Lipinski definition) is 0. The molecule has 1 unspecified atom stereocenters. The quantitative estimate of drug-likeness (QED) is 0.651. The second-order valence-corrected chi connectivity index (χ2v) is 8.40. The van der Waals surface area contributed by atoms with Gasteiger partial charge in [0, 0.05) is 24.6 Å². The average Bonchev–Trinajstić information content (AvgIpc) is 3.47. The Morgan fingerprint density at radius 1 is 1.03 bits per heavy atom. The number of hydrogen-bond acceptors (Lipinski definition) is 6. The lowest BCUT2D eigenvalue weighted by Gasteiger charge is -2.34. The lowest BCUT2D eigenvalue weighted by molar-refractivity contribution is -0.0969. The third kappa shape index (κ3) is 4.00. The number of benzene rings is 2. The first kappa shape index (κ1) is 21.6. The van der Waals surface area contributed by atoms with Gasteiger partial charge in [-0.2, -0.15) is 0 Å². The monoisotopic (exact) mass is 450 g/mol. The van der Waals surface area contributed by atoms with Crippen molar-refractivity contribution in [2.24, 2.45) is 5.92 Å². The maximum Gasteiger partial charge on any atom is 0.266 e. The van der Waals surface area contributed by atoms with Crippen LogP contribution in [0.5, 0.6) is 5.75 Å². The number of nitrogens with zero attached hydrogens (tertiary/aromatic N) is 2. The molecule has 0 radical (unpaired) electrons. The van der Waals surface area contributed by atoms with Gasteiger partial charge in [-0.15, -0.1) is 0 Å². The molecule has 1 atom stereocenters. The highest BCUT2D eigenvalue weighted by atomic mass is 16.7. The van der Waals surface area contributed by atoms with Crippen LogP contribution in [0.4, 0.5) is 5.69 Å². The summed E-state index contributed by atoms with van der Waals surface area (Å²) in [6, 6.07) is 11.5. The molecule has 2 saturated heterocycles. The fourth-order valence-electron chi connectivity index (χ4n) is 4.71. The van der Waals surface area contributed by atoms with E-state index in [1.54, 1.807) is 47.4 Å². The smallest absolute Gasteiger partial charge is 0.266 e. The van der Waals surface area contributed by atoms with Crippen LogP contribution in [0.25, 0.3) is 0 Å². The van der Waals surface area contributed by atoms with Crippen molar-refractivity contribution >= 4 is 23.4 Å². The van der Waals surface area contributed by atoms with Crippen LogP contribution in [0, 0.1) is 5.92 Å². The number of anilines is 1. The van der Waals surface area contributed by atoms with Gasteiger partial charge >= 0.3 is 0 Å². The van der Waals surface area contributed by atoms with E-state index in [1.165, 1.54) is 0 Å². The summed E-state index contributed by atoms with van der Waals surface area (Å²) in [6.07, 6.45) is 1.55. The zero-order valence-electron chi connectivity index (χ0n) is 18.5. The molecule has 2 aromatic carbocycles. The van der Waals surface area contributed by atoms with Crippen molar-refractivity contribution in [1.82, 2.24) is 4.90 Å². The number of ether oxygens (including phenoxy) is 3. The summed E-state index contributed by atoms with van der Waals surface area (Å²) in [5.41, 5.74) is 1.41. The average molecular weight is 450 g/mol. The van der Waals surface area contributed by atoms with Gasteiger partial charge in [0.1, 0.15) is 5.75 Å². The summed E-state index contributed by atoms with van der Waals surface area (Å²) in [7, 11) is 0. The van der Waals surface area contributed by atoms with Gasteiger partial charge in [0.25, 0.3) is 17.7 Å². The van der Waals surface area contributed by atoms with E-state index in [4.69, 9.17) is 14.2 Å². The predicted octanol–water partition coefficient (Wildman–Crippen LogP) is 3.11. The molecule has 3 heterocycles. The molecule has 3 aliphatic heterocycles. The van der Waals surface area contributed by atoms with Gasteiger partial charge in [0.05, 0.1) is 36.6 Å². The molecule has 8 heteroatoms. The second kappa shape index (κ2) is 8.96. The molecule has 2 aromatic rings. The molecule has 3 aliphatic rings. The first-order valence-electron chi connectivity index (χ1n) is 11.3. The molecule has 5 rings (SSSR count). The van der Waals surface area contributed by atoms with Crippen molar-refractivity contribution in [2.45, 2.75) is 26.1 Å². The minimum atomic E-state index is -0.432. The Morgan fingerprint density at radius 2 is 1.76 bits per heavy atom. The Morgan fingerprint density at radius 3 is 2.48 bits per heavy atom. The molecule has 2 fully saturated rings. The number of fused-ring (bicyclic) bond motifs is 1. The van der Waals surface area contributed by atoms with E-state index < -0.39 is 11.8 Å². The lowest BCUT2D eigenvalue weighted by Crippen LogP contribution is -2.43. The van der Waals surface area contributed by atoms with Crippen molar-refractivity contribution in [3.63, 3.8) is 0 Å². The summed E-state index contributed by atoms with van der Waals surface area (Å²) in [5.74, 6) is -0.179. The number of likely N-dealkylation sites (tertiary alicyclic amines) is 1. The summed E-state index contributed by atoms with van der Waals surface area (Å²) < 4.78 is 16.7. The van der Waals surface area contributed by atoms with Crippen molar-refractivity contribution in [3.8, 4) is 5.75 Å². The number of amides is 3. The van der Waals surface area contributed by atoms with Gasteiger partial charge in [-0.05, 0) is 62.2 Å². The van der Waals surface area contributed by atoms with E-state index in [1.807, 2.05) is 6.92 Å². The molecule has 0 N–H and O–H groups in total. The molecule has 0 spiro atoms. The van der Waals surface area contributed by atoms with Crippen LogP contribution < -0.4 is 9.64 Å². The first-order valence-corrected chi connectivity index (χ1v) is 11.3. The second-order valence-electron chi connectivity index (χ2n) is 8.40. The topological polar surface area (TPSA) is 85.4 Å². The number of piperidine rings is 1. The zero-order valence-corrected chi connectivity index (χ0v) is 18.5. The maximum atomic E-state index is 13.2. The van der Waals surface area contributed by atoms with Gasteiger partial charge < -0.3 is 19.1 Å². The van der Waals surface area contributed by atoms with Gasteiger partial charge in [-0.1, -0.05) is 0 Å². The van der Waals surface area contributed by atoms with E-state index in [2.05, 4.69) is 0 Å². The fourth-order valence-corrected chi connectivity index (χ4v) is 4.71. The predicted molar refractivity (Wildman–Crippen MR) is 120 cm³/mol. The Labute approximate surface area is 192 Å². The van der Waals surface area contributed by atoms with Crippen molar-refractivity contribution in [2.75, 3.05) is 37.8 Å². The molecule has 3 amide bonds. The largest absolute Gasteiger partial charge is 0.494 e. The maximum absolute atomic E-state index is 13.2. The van der Waals surface area contributed by atoms with E-state index in [-0.39, 0.29) is 23.7 Å². The number of carbonyl (C=O) groups excluding carboxylic acids is 3. The van der Waals surface area contributed by atoms with Crippen LogP contribution in [-0.2, 0) is 9.47 Å². The van der Waals surface area contributed by atoms with Crippen LogP contribution in [0.2, 0.25) is 0 Å². The Bertz CT molecular complexity index is 1080. The third-order valence-corrected chi connectivity index (χ3v) is 6.32. The Hall–Kier alpha value is -3.23. The SMILES string of the molecule is CCOc1ccc(N2C(=O)c3ccc(C(=O)N4CCCC(C5OCCO5)C4)cc3C2=O)cc1.